The molecule has 2 heterocycles. The minimum atomic E-state index is 0.124. The highest BCUT2D eigenvalue weighted by Crippen LogP contribution is 2.31. The molecule has 0 aliphatic heterocycles. The van der Waals surface area contributed by atoms with Crippen molar-refractivity contribution in [2.75, 3.05) is 0 Å². The maximum absolute atomic E-state index is 12.8. The van der Waals surface area contributed by atoms with Gasteiger partial charge >= 0.3 is 0 Å². The van der Waals surface area contributed by atoms with E-state index < -0.39 is 0 Å². The van der Waals surface area contributed by atoms with Crippen LogP contribution in [0.4, 0.5) is 0 Å². The molecule has 2 aromatic rings. The molecular formula is C17H25N5O. The number of fused-ring (bicyclic) bond motifs is 1. The second-order valence-electron chi connectivity index (χ2n) is 6.97. The number of carbonyl (C=O) groups excluding carboxylic acids is 1. The summed E-state index contributed by atoms with van der Waals surface area (Å²) in [5.74, 6) is 1.69. The van der Waals surface area contributed by atoms with Crippen LogP contribution < -0.4 is 0 Å². The molecule has 0 aromatic carbocycles. The van der Waals surface area contributed by atoms with Gasteiger partial charge in [-0.25, -0.2) is 9.50 Å². The second kappa shape index (κ2) is 5.91. The van der Waals surface area contributed by atoms with Crippen LogP contribution in [0.3, 0.4) is 0 Å². The van der Waals surface area contributed by atoms with Gasteiger partial charge in [0, 0.05) is 23.5 Å². The van der Waals surface area contributed by atoms with E-state index in [9.17, 15) is 4.79 Å². The summed E-state index contributed by atoms with van der Waals surface area (Å²) >= 11 is 0. The highest BCUT2D eigenvalue weighted by Gasteiger charge is 2.36. The molecule has 6 nitrogen and oxygen atoms in total. The summed E-state index contributed by atoms with van der Waals surface area (Å²) in [5.41, 5.74) is 1.89. The normalized spacial score (nSPS) is 16.1. The summed E-state index contributed by atoms with van der Waals surface area (Å²) in [5, 5.41) is 4.46. The smallest absolute Gasteiger partial charge is 0.252 e. The SMILES string of the molecule is Cc1cc(C)n2nc(CC(=O)N(C3CC3)[C@H](C)C(C)C)nc2n1. The van der Waals surface area contributed by atoms with Gasteiger partial charge in [0.15, 0.2) is 5.82 Å². The molecule has 0 bridgehead atoms. The molecule has 1 saturated carbocycles. The molecule has 23 heavy (non-hydrogen) atoms. The Morgan fingerprint density at radius 2 is 2.00 bits per heavy atom. The molecule has 0 unspecified atom stereocenters. The Morgan fingerprint density at radius 1 is 1.30 bits per heavy atom. The van der Waals surface area contributed by atoms with E-state index in [1.165, 1.54) is 0 Å². The van der Waals surface area contributed by atoms with E-state index in [0.717, 1.165) is 24.2 Å². The van der Waals surface area contributed by atoms with Crippen molar-refractivity contribution in [3.05, 3.63) is 23.3 Å². The Balaban J connectivity index is 1.83. The summed E-state index contributed by atoms with van der Waals surface area (Å²) in [7, 11) is 0. The summed E-state index contributed by atoms with van der Waals surface area (Å²) < 4.78 is 1.71. The van der Waals surface area contributed by atoms with Gasteiger partial charge in [-0.1, -0.05) is 13.8 Å². The predicted molar refractivity (Wildman–Crippen MR) is 88.1 cm³/mol. The fraction of sp³-hybridized carbons (Fsp3) is 0.647. The third-order valence-corrected chi connectivity index (χ3v) is 4.60. The highest BCUT2D eigenvalue weighted by atomic mass is 16.2. The lowest BCUT2D eigenvalue weighted by Crippen LogP contribution is -2.44. The third kappa shape index (κ3) is 3.21. The van der Waals surface area contributed by atoms with Gasteiger partial charge in [-0.05, 0) is 45.6 Å². The van der Waals surface area contributed by atoms with Gasteiger partial charge in [0.2, 0.25) is 5.91 Å². The number of hydrogen-bond acceptors (Lipinski definition) is 4. The Labute approximate surface area is 136 Å². The van der Waals surface area contributed by atoms with E-state index >= 15 is 0 Å². The average molecular weight is 315 g/mol. The van der Waals surface area contributed by atoms with Gasteiger partial charge in [-0.3, -0.25) is 4.79 Å². The van der Waals surface area contributed by atoms with Gasteiger partial charge in [0.25, 0.3) is 5.78 Å². The van der Waals surface area contributed by atoms with Gasteiger partial charge < -0.3 is 4.90 Å². The topological polar surface area (TPSA) is 63.4 Å². The highest BCUT2D eigenvalue weighted by molar-refractivity contribution is 5.79. The van der Waals surface area contributed by atoms with E-state index in [1.807, 2.05) is 24.8 Å². The van der Waals surface area contributed by atoms with Crippen LogP contribution in [-0.4, -0.2) is 42.5 Å². The molecule has 124 valence electrons. The van der Waals surface area contributed by atoms with Crippen LogP contribution in [0.5, 0.6) is 0 Å². The van der Waals surface area contributed by atoms with Gasteiger partial charge in [0.1, 0.15) is 0 Å². The number of nitrogens with zero attached hydrogens (tertiary/aromatic N) is 5. The van der Waals surface area contributed by atoms with E-state index in [0.29, 0.717) is 23.6 Å². The van der Waals surface area contributed by atoms with Crippen molar-refractivity contribution in [2.24, 2.45) is 5.92 Å². The van der Waals surface area contributed by atoms with Gasteiger partial charge in [-0.2, -0.15) is 4.98 Å². The zero-order chi connectivity index (χ0) is 16.7. The standard InChI is InChI=1S/C17H25N5O/c1-10(2)13(5)21(14-6-7-14)16(23)9-15-19-17-18-11(3)8-12(4)22(17)20-15/h8,10,13-14H,6-7,9H2,1-5H3/t13-/m1/s1. The first-order valence-electron chi connectivity index (χ1n) is 8.38. The molecule has 0 saturated heterocycles. The summed E-state index contributed by atoms with van der Waals surface area (Å²) in [4.78, 5) is 23.6. The number of hydrogen-bond donors (Lipinski definition) is 0. The third-order valence-electron chi connectivity index (χ3n) is 4.60. The molecule has 1 amide bonds. The summed E-state index contributed by atoms with van der Waals surface area (Å²) in [6, 6.07) is 2.61. The lowest BCUT2D eigenvalue weighted by atomic mass is 10.0. The number of carbonyl (C=O) groups is 1. The summed E-state index contributed by atoms with van der Waals surface area (Å²) in [6.07, 6.45) is 2.47. The van der Waals surface area contributed by atoms with Crippen molar-refractivity contribution >= 4 is 11.7 Å². The summed E-state index contributed by atoms with van der Waals surface area (Å²) in [6.45, 7) is 10.4. The van der Waals surface area contributed by atoms with E-state index in [2.05, 4.69) is 35.8 Å². The van der Waals surface area contributed by atoms with E-state index in [1.54, 1.807) is 4.52 Å². The minimum absolute atomic E-state index is 0.124. The Hall–Kier alpha value is -1.98. The minimum Gasteiger partial charge on any atom is -0.336 e. The molecule has 0 spiro atoms. The zero-order valence-electron chi connectivity index (χ0n) is 14.6. The molecule has 1 atom stereocenters. The van der Waals surface area contributed by atoms with Crippen LogP contribution in [0, 0.1) is 19.8 Å². The monoisotopic (exact) mass is 315 g/mol. The molecule has 6 heteroatoms. The quantitative estimate of drug-likeness (QED) is 0.849. The van der Waals surface area contributed by atoms with Crippen LogP contribution >= 0.6 is 0 Å². The molecule has 1 fully saturated rings. The van der Waals surface area contributed by atoms with Crippen LogP contribution in [0.1, 0.15) is 50.8 Å². The first-order valence-corrected chi connectivity index (χ1v) is 8.38. The number of amides is 1. The predicted octanol–water partition coefficient (Wildman–Crippen LogP) is 2.32. The maximum atomic E-state index is 12.8. The van der Waals surface area contributed by atoms with E-state index in [4.69, 9.17) is 0 Å². The Kier molecular flexibility index (Phi) is 4.08. The fourth-order valence-corrected chi connectivity index (χ4v) is 2.95. The van der Waals surface area contributed by atoms with Crippen molar-refractivity contribution in [1.29, 1.82) is 0 Å². The van der Waals surface area contributed by atoms with Crippen molar-refractivity contribution in [1.82, 2.24) is 24.5 Å². The van der Waals surface area contributed by atoms with E-state index in [-0.39, 0.29) is 18.4 Å². The number of aromatic nitrogens is 4. The fourth-order valence-electron chi connectivity index (χ4n) is 2.95. The first kappa shape index (κ1) is 15.9. The number of rotatable bonds is 5. The van der Waals surface area contributed by atoms with Crippen LogP contribution in [-0.2, 0) is 11.2 Å². The van der Waals surface area contributed by atoms with Crippen molar-refractivity contribution in [3.8, 4) is 0 Å². The van der Waals surface area contributed by atoms with Crippen molar-refractivity contribution in [3.63, 3.8) is 0 Å². The largest absolute Gasteiger partial charge is 0.336 e. The Morgan fingerprint density at radius 3 is 2.61 bits per heavy atom. The van der Waals surface area contributed by atoms with Gasteiger partial charge in [0.05, 0.1) is 6.42 Å². The lowest BCUT2D eigenvalue weighted by molar-refractivity contribution is -0.134. The molecule has 2 aromatic heterocycles. The van der Waals surface area contributed by atoms with Crippen LogP contribution in [0.2, 0.25) is 0 Å². The maximum Gasteiger partial charge on any atom is 0.252 e. The van der Waals surface area contributed by atoms with Crippen molar-refractivity contribution < 1.29 is 4.79 Å². The molecular weight excluding hydrogens is 290 g/mol. The van der Waals surface area contributed by atoms with Crippen molar-refractivity contribution in [2.45, 2.75) is 66.0 Å². The molecule has 1 aliphatic rings. The van der Waals surface area contributed by atoms with Crippen LogP contribution in [0.25, 0.3) is 5.78 Å². The zero-order valence-corrected chi connectivity index (χ0v) is 14.6. The molecule has 0 N–H and O–H groups in total. The lowest BCUT2D eigenvalue weighted by Gasteiger charge is -2.32. The molecule has 3 rings (SSSR count). The second-order valence-corrected chi connectivity index (χ2v) is 6.97. The van der Waals surface area contributed by atoms with Crippen LogP contribution in [0.15, 0.2) is 6.07 Å². The molecule has 0 radical (unpaired) electrons. The average Bonchev–Trinajstić information content (AvgIpc) is 3.19. The molecule has 1 aliphatic carbocycles. The first-order chi connectivity index (χ1) is 10.9. The number of aryl methyl sites for hydroxylation is 2. The van der Waals surface area contributed by atoms with Gasteiger partial charge in [-0.15, -0.1) is 5.10 Å². The Bertz CT molecular complexity index is 732.